The number of hydrogen-bond acceptors (Lipinski definition) is 6. The van der Waals surface area contributed by atoms with E-state index in [-0.39, 0.29) is 0 Å². The summed E-state index contributed by atoms with van der Waals surface area (Å²) in [6.07, 6.45) is 1.05. The molecule has 0 radical (unpaired) electrons. The summed E-state index contributed by atoms with van der Waals surface area (Å²) in [5.41, 5.74) is 0.766. The van der Waals surface area contributed by atoms with E-state index in [4.69, 9.17) is 9.47 Å². The van der Waals surface area contributed by atoms with Crippen molar-refractivity contribution in [3.8, 4) is 17.2 Å². The highest BCUT2D eigenvalue weighted by molar-refractivity contribution is 7.99. The topological polar surface area (TPSA) is 62.1 Å². The lowest BCUT2D eigenvalue weighted by atomic mass is 10.3. The number of rotatable bonds is 6. The molecular weight excluding hydrogens is 276 g/mol. The molecule has 1 aromatic heterocycles. The zero-order valence-electron chi connectivity index (χ0n) is 12.0. The molecule has 0 amide bonds. The van der Waals surface area contributed by atoms with E-state index in [2.05, 4.69) is 29.4 Å². The molecule has 0 aliphatic rings. The van der Waals surface area contributed by atoms with Crippen molar-refractivity contribution in [3.05, 3.63) is 18.2 Å². The van der Waals surface area contributed by atoms with Crippen molar-refractivity contribution in [2.24, 2.45) is 0 Å². The Kier molecular flexibility index (Phi) is 4.84. The second kappa shape index (κ2) is 6.60. The van der Waals surface area contributed by atoms with E-state index in [1.165, 1.54) is 0 Å². The van der Waals surface area contributed by atoms with Gasteiger partial charge in [0.2, 0.25) is 5.16 Å². The van der Waals surface area contributed by atoms with Crippen LogP contribution in [0, 0.1) is 0 Å². The van der Waals surface area contributed by atoms with Gasteiger partial charge in [0.1, 0.15) is 17.2 Å². The minimum Gasteiger partial charge on any atom is -0.497 e. The maximum atomic E-state index is 5.37. The molecule has 7 heteroatoms. The Balaban J connectivity index is 2.43. The highest BCUT2D eigenvalue weighted by atomic mass is 32.2. The summed E-state index contributed by atoms with van der Waals surface area (Å²) in [4.78, 5) is 0. The van der Waals surface area contributed by atoms with Crippen LogP contribution in [0.5, 0.6) is 11.5 Å². The molecule has 108 valence electrons. The van der Waals surface area contributed by atoms with Gasteiger partial charge < -0.3 is 9.47 Å². The average molecular weight is 294 g/mol. The molecule has 0 aliphatic heterocycles. The smallest absolute Gasteiger partial charge is 0.214 e. The van der Waals surface area contributed by atoms with Gasteiger partial charge in [-0.15, -0.1) is 5.10 Å². The third kappa shape index (κ3) is 3.04. The summed E-state index contributed by atoms with van der Waals surface area (Å²) < 4.78 is 12.3. The predicted octanol–water partition coefficient (Wildman–Crippen LogP) is 2.57. The molecule has 1 aromatic carbocycles. The summed E-state index contributed by atoms with van der Waals surface area (Å²) in [5, 5.41) is 13.1. The number of aromatic nitrogens is 4. The maximum Gasteiger partial charge on any atom is 0.214 e. The third-order valence-corrected chi connectivity index (χ3v) is 4.14. The number of ether oxygens (including phenoxy) is 2. The van der Waals surface area contributed by atoms with Gasteiger partial charge in [-0.05, 0) is 29.0 Å². The molecule has 0 N–H and O–H groups in total. The van der Waals surface area contributed by atoms with Crippen molar-refractivity contribution in [2.75, 3.05) is 14.2 Å². The average Bonchev–Trinajstić information content (AvgIpc) is 2.94. The second-order valence-corrected chi connectivity index (χ2v) is 5.65. The Labute approximate surface area is 122 Å². The summed E-state index contributed by atoms with van der Waals surface area (Å²) in [5.74, 6) is 1.43. The molecular formula is C13H18N4O2S. The SMILES string of the molecule is CCC(C)Sc1nnnn1-c1cc(OC)ccc1OC. The minimum absolute atomic E-state index is 0.441. The summed E-state index contributed by atoms with van der Waals surface area (Å²) in [7, 11) is 3.25. The van der Waals surface area contributed by atoms with Crippen LogP contribution in [0.25, 0.3) is 5.69 Å². The quantitative estimate of drug-likeness (QED) is 0.763. The lowest BCUT2D eigenvalue weighted by Crippen LogP contribution is -2.04. The monoisotopic (exact) mass is 294 g/mol. The lowest BCUT2D eigenvalue weighted by Gasteiger charge is -2.12. The van der Waals surface area contributed by atoms with Gasteiger partial charge >= 0.3 is 0 Å². The van der Waals surface area contributed by atoms with Crippen LogP contribution in [0.2, 0.25) is 0 Å². The van der Waals surface area contributed by atoms with E-state index >= 15 is 0 Å². The van der Waals surface area contributed by atoms with Gasteiger partial charge in [0.15, 0.2) is 0 Å². The molecule has 6 nitrogen and oxygen atoms in total. The standard InChI is InChI=1S/C13H18N4O2S/c1-5-9(2)20-13-14-15-16-17(13)11-8-10(18-3)6-7-12(11)19-4/h6-9H,5H2,1-4H3. The molecule has 1 unspecified atom stereocenters. The summed E-state index contributed by atoms with van der Waals surface area (Å²) in [6.45, 7) is 4.28. The van der Waals surface area contributed by atoms with Crippen molar-refractivity contribution < 1.29 is 9.47 Å². The molecule has 0 aliphatic carbocycles. The summed E-state index contributed by atoms with van der Waals surface area (Å²) >= 11 is 1.63. The molecule has 0 saturated carbocycles. The van der Waals surface area contributed by atoms with Crippen LogP contribution in [0.4, 0.5) is 0 Å². The number of thioether (sulfide) groups is 1. The minimum atomic E-state index is 0.441. The molecule has 0 spiro atoms. The lowest BCUT2D eigenvalue weighted by molar-refractivity contribution is 0.399. The van der Waals surface area contributed by atoms with E-state index < -0.39 is 0 Å². The Morgan fingerprint density at radius 1 is 1.30 bits per heavy atom. The first-order valence-electron chi connectivity index (χ1n) is 6.37. The van der Waals surface area contributed by atoms with Crippen LogP contribution in [-0.4, -0.2) is 39.7 Å². The van der Waals surface area contributed by atoms with E-state index in [1.54, 1.807) is 30.7 Å². The summed E-state index contributed by atoms with van der Waals surface area (Å²) in [6, 6.07) is 5.54. The molecule has 0 fully saturated rings. The van der Waals surface area contributed by atoms with Crippen LogP contribution in [0.1, 0.15) is 20.3 Å². The van der Waals surface area contributed by atoms with Gasteiger partial charge in [0.25, 0.3) is 0 Å². The number of methoxy groups -OCH3 is 2. The second-order valence-electron chi connectivity index (χ2n) is 4.25. The van der Waals surface area contributed by atoms with Gasteiger partial charge in [-0.3, -0.25) is 0 Å². The number of benzene rings is 1. The first-order chi connectivity index (χ1) is 9.69. The zero-order valence-corrected chi connectivity index (χ0v) is 12.8. The third-order valence-electron chi connectivity index (χ3n) is 2.94. The zero-order chi connectivity index (χ0) is 14.5. The first kappa shape index (κ1) is 14.6. The van der Waals surface area contributed by atoms with Crippen LogP contribution >= 0.6 is 11.8 Å². The molecule has 20 heavy (non-hydrogen) atoms. The Morgan fingerprint density at radius 3 is 2.75 bits per heavy atom. The number of tetrazole rings is 1. The van der Waals surface area contributed by atoms with Crippen molar-refractivity contribution in [2.45, 2.75) is 30.7 Å². The van der Waals surface area contributed by atoms with Crippen LogP contribution in [0.15, 0.2) is 23.4 Å². The molecule has 0 bridgehead atoms. The number of nitrogens with zero attached hydrogens (tertiary/aromatic N) is 4. The molecule has 2 rings (SSSR count). The van der Waals surface area contributed by atoms with E-state index in [1.807, 2.05) is 18.2 Å². The van der Waals surface area contributed by atoms with Crippen LogP contribution in [0.3, 0.4) is 0 Å². The van der Waals surface area contributed by atoms with Crippen molar-refractivity contribution >= 4 is 11.8 Å². The fourth-order valence-corrected chi connectivity index (χ4v) is 2.47. The molecule has 0 saturated heterocycles. The first-order valence-corrected chi connectivity index (χ1v) is 7.25. The van der Waals surface area contributed by atoms with Gasteiger partial charge in [-0.25, -0.2) is 0 Å². The number of hydrogen-bond donors (Lipinski definition) is 0. The van der Waals surface area contributed by atoms with Crippen molar-refractivity contribution in [3.63, 3.8) is 0 Å². The van der Waals surface area contributed by atoms with Gasteiger partial charge in [-0.2, -0.15) is 4.68 Å². The molecule has 2 aromatic rings. The normalized spacial score (nSPS) is 12.2. The largest absolute Gasteiger partial charge is 0.497 e. The Hall–Kier alpha value is -1.76. The predicted molar refractivity (Wildman–Crippen MR) is 77.9 cm³/mol. The highest BCUT2D eigenvalue weighted by Crippen LogP contribution is 2.31. The fourth-order valence-electron chi connectivity index (χ4n) is 1.63. The van der Waals surface area contributed by atoms with E-state index in [9.17, 15) is 0 Å². The molecule has 1 heterocycles. The Morgan fingerprint density at radius 2 is 2.10 bits per heavy atom. The van der Waals surface area contributed by atoms with Crippen molar-refractivity contribution in [1.82, 2.24) is 20.2 Å². The van der Waals surface area contributed by atoms with Crippen LogP contribution in [-0.2, 0) is 0 Å². The fraction of sp³-hybridized carbons (Fsp3) is 0.462. The Bertz CT molecular complexity index is 573. The van der Waals surface area contributed by atoms with Gasteiger partial charge in [-0.1, -0.05) is 25.6 Å². The van der Waals surface area contributed by atoms with Gasteiger partial charge in [0.05, 0.1) is 14.2 Å². The maximum absolute atomic E-state index is 5.37. The highest BCUT2D eigenvalue weighted by Gasteiger charge is 2.16. The van der Waals surface area contributed by atoms with Crippen molar-refractivity contribution in [1.29, 1.82) is 0 Å². The molecule has 1 atom stereocenters. The van der Waals surface area contributed by atoms with Crippen LogP contribution < -0.4 is 9.47 Å². The van der Waals surface area contributed by atoms with E-state index in [0.29, 0.717) is 11.0 Å². The van der Waals surface area contributed by atoms with E-state index in [0.717, 1.165) is 23.0 Å². The van der Waals surface area contributed by atoms with Gasteiger partial charge in [0, 0.05) is 11.3 Å².